The molecule has 0 atom stereocenters. The molecule has 2 rings (SSSR count). The third-order valence-corrected chi connectivity index (χ3v) is 2.78. The first kappa shape index (κ1) is 11.5. The van der Waals surface area contributed by atoms with E-state index in [4.69, 9.17) is 4.74 Å². The van der Waals surface area contributed by atoms with Crippen molar-refractivity contribution in [3.8, 4) is 0 Å². The van der Waals surface area contributed by atoms with Gasteiger partial charge in [0.15, 0.2) is 5.82 Å². The average Bonchev–Trinajstić information content (AvgIpc) is 2.32. The van der Waals surface area contributed by atoms with Gasteiger partial charge in [0.2, 0.25) is 0 Å². The van der Waals surface area contributed by atoms with Crippen LogP contribution in [0, 0.1) is 5.82 Å². The molecular formula is C10H10BrFN2O2. The SMILES string of the molecule is O=C(c1cc(Br)ncc1F)N1CCOCC1. The lowest BCUT2D eigenvalue weighted by atomic mass is 10.2. The summed E-state index contributed by atoms with van der Waals surface area (Å²) in [5, 5.41) is 0. The Kier molecular flexibility index (Phi) is 3.50. The van der Waals surface area contributed by atoms with Crippen molar-refractivity contribution < 1.29 is 13.9 Å². The van der Waals surface area contributed by atoms with Gasteiger partial charge in [-0.05, 0) is 22.0 Å². The van der Waals surface area contributed by atoms with E-state index in [0.29, 0.717) is 30.9 Å². The fraction of sp³-hybridized carbons (Fsp3) is 0.400. The maximum Gasteiger partial charge on any atom is 0.257 e. The number of amides is 1. The Hall–Kier alpha value is -1.01. The third kappa shape index (κ3) is 2.38. The quantitative estimate of drug-likeness (QED) is 0.735. The van der Waals surface area contributed by atoms with E-state index in [0.717, 1.165) is 6.20 Å². The Morgan fingerprint density at radius 1 is 1.50 bits per heavy atom. The van der Waals surface area contributed by atoms with Gasteiger partial charge in [0.1, 0.15) is 4.60 Å². The van der Waals surface area contributed by atoms with Gasteiger partial charge in [0, 0.05) is 13.1 Å². The van der Waals surface area contributed by atoms with Gasteiger partial charge in [0.05, 0.1) is 25.0 Å². The van der Waals surface area contributed by atoms with Gasteiger partial charge in [-0.3, -0.25) is 4.79 Å². The molecule has 4 nitrogen and oxygen atoms in total. The molecule has 1 aromatic heterocycles. The van der Waals surface area contributed by atoms with Crippen LogP contribution in [0.2, 0.25) is 0 Å². The van der Waals surface area contributed by atoms with Gasteiger partial charge in [-0.1, -0.05) is 0 Å². The Morgan fingerprint density at radius 2 is 2.19 bits per heavy atom. The number of aromatic nitrogens is 1. The highest BCUT2D eigenvalue weighted by Crippen LogP contribution is 2.15. The highest BCUT2D eigenvalue weighted by atomic mass is 79.9. The first-order valence-electron chi connectivity index (χ1n) is 4.86. The van der Waals surface area contributed by atoms with Crippen LogP contribution in [0.4, 0.5) is 4.39 Å². The van der Waals surface area contributed by atoms with Crippen molar-refractivity contribution in [1.29, 1.82) is 0 Å². The maximum absolute atomic E-state index is 13.4. The summed E-state index contributed by atoms with van der Waals surface area (Å²) in [6.45, 7) is 2.00. The molecule has 0 radical (unpaired) electrons. The molecule has 0 bridgehead atoms. The van der Waals surface area contributed by atoms with Crippen molar-refractivity contribution in [2.75, 3.05) is 26.3 Å². The second-order valence-corrected chi connectivity index (χ2v) is 4.20. The molecule has 1 amide bonds. The molecule has 2 heterocycles. The summed E-state index contributed by atoms with van der Waals surface area (Å²) in [5.41, 5.74) is 0.0452. The number of hydrogen-bond donors (Lipinski definition) is 0. The van der Waals surface area contributed by atoms with Crippen molar-refractivity contribution in [3.63, 3.8) is 0 Å². The lowest BCUT2D eigenvalue weighted by Crippen LogP contribution is -2.41. The van der Waals surface area contributed by atoms with Gasteiger partial charge in [-0.25, -0.2) is 9.37 Å². The number of nitrogens with zero attached hydrogens (tertiary/aromatic N) is 2. The molecule has 16 heavy (non-hydrogen) atoms. The highest BCUT2D eigenvalue weighted by molar-refractivity contribution is 9.10. The monoisotopic (exact) mass is 288 g/mol. The summed E-state index contributed by atoms with van der Waals surface area (Å²) in [6.07, 6.45) is 1.04. The number of morpholine rings is 1. The summed E-state index contributed by atoms with van der Waals surface area (Å²) in [4.78, 5) is 17.2. The molecule has 0 spiro atoms. The van der Waals surface area contributed by atoms with Gasteiger partial charge in [0.25, 0.3) is 5.91 Å². The number of carbonyl (C=O) groups is 1. The van der Waals surface area contributed by atoms with Gasteiger partial charge in [-0.2, -0.15) is 0 Å². The van der Waals surface area contributed by atoms with Crippen LogP contribution in [-0.4, -0.2) is 42.1 Å². The molecule has 6 heteroatoms. The van der Waals surface area contributed by atoms with E-state index in [1.54, 1.807) is 4.90 Å². The fourth-order valence-electron chi connectivity index (χ4n) is 1.51. The third-order valence-electron chi connectivity index (χ3n) is 2.35. The molecule has 0 N–H and O–H groups in total. The molecule has 86 valence electrons. The van der Waals surface area contributed by atoms with Crippen molar-refractivity contribution in [2.45, 2.75) is 0 Å². The zero-order chi connectivity index (χ0) is 11.5. The first-order chi connectivity index (χ1) is 7.68. The standard InChI is InChI=1S/C10H10BrFN2O2/c11-9-5-7(8(12)6-13-9)10(15)14-1-3-16-4-2-14/h5-6H,1-4H2. The molecule has 0 unspecified atom stereocenters. The smallest absolute Gasteiger partial charge is 0.257 e. The van der Waals surface area contributed by atoms with Crippen LogP contribution in [0.5, 0.6) is 0 Å². The number of halogens is 2. The topological polar surface area (TPSA) is 42.4 Å². The van der Waals surface area contributed by atoms with Crippen LogP contribution >= 0.6 is 15.9 Å². The lowest BCUT2D eigenvalue weighted by molar-refractivity contribution is 0.0299. The molecule has 1 aromatic rings. The maximum atomic E-state index is 13.4. The predicted molar refractivity (Wildman–Crippen MR) is 58.6 cm³/mol. The van der Waals surface area contributed by atoms with Crippen molar-refractivity contribution in [1.82, 2.24) is 9.88 Å². The number of carbonyl (C=O) groups excluding carboxylic acids is 1. The summed E-state index contributed by atoms with van der Waals surface area (Å²) in [6, 6.07) is 1.40. The molecule has 1 saturated heterocycles. The van der Waals surface area contributed by atoms with Crippen molar-refractivity contribution in [3.05, 3.63) is 28.2 Å². The van der Waals surface area contributed by atoms with E-state index in [1.807, 2.05) is 0 Å². The lowest BCUT2D eigenvalue weighted by Gasteiger charge is -2.26. The number of ether oxygens (including phenoxy) is 1. The molecule has 1 fully saturated rings. The van der Waals surface area contributed by atoms with Crippen LogP contribution in [0.15, 0.2) is 16.9 Å². The molecule has 0 aliphatic carbocycles. The van der Waals surface area contributed by atoms with Crippen molar-refractivity contribution >= 4 is 21.8 Å². The van der Waals surface area contributed by atoms with Crippen LogP contribution in [0.25, 0.3) is 0 Å². The summed E-state index contributed by atoms with van der Waals surface area (Å²) < 4.78 is 19.0. The summed E-state index contributed by atoms with van der Waals surface area (Å²) >= 11 is 3.12. The Balaban J connectivity index is 2.22. The molecular weight excluding hydrogens is 279 g/mol. The van der Waals surface area contributed by atoms with Gasteiger partial charge < -0.3 is 9.64 Å². The Labute approximate surface area is 101 Å². The van der Waals surface area contributed by atoms with E-state index in [1.165, 1.54) is 6.07 Å². The average molecular weight is 289 g/mol. The van der Waals surface area contributed by atoms with Gasteiger partial charge >= 0.3 is 0 Å². The molecule has 0 saturated carbocycles. The van der Waals surface area contributed by atoms with Crippen LogP contribution in [0.1, 0.15) is 10.4 Å². The van der Waals surface area contributed by atoms with E-state index >= 15 is 0 Å². The largest absolute Gasteiger partial charge is 0.378 e. The molecule has 1 aliphatic rings. The number of hydrogen-bond acceptors (Lipinski definition) is 3. The minimum Gasteiger partial charge on any atom is -0.378 e. The minimum atomic E-state index is -0.598. The zero-order valence-electron chi connectivity index (χ0n) is 8.45. The normalized spacial score (nSPS) is 16.2. The minimum absolute atomic E-state index is 0.0452. The second kappa shape index (κ2) is 4.88. The van der Waals surface area contributed by atoms with E-state index < -0.39 is 5.82 Å². The van der Waals surface area contributed by atoms with E-state index in [9.17, 15) is 9.18 Å². The second-order valence-electron chi connectivity index (χ2n) is 3.39. The summed E-state index contributed by atoms with van der Waals surface area (Å²) in [7, 11) is 0. The van der Waals surface area contributed by atoms with Crippen molar-refractivity contribution in [2.24, 2.45) is 0 Å². The predicted octanol–water partition coefficient (Wildman–Crippen LogP) is 1.46. The summed E-state index contributed by atoms with van der Waals surface area (Å²) in [5.74, 6) is -0.913. The van der Waals surface area contributed by atoms with Crippen LogP contribution < -0.4 is 0 Å². The molecule has 1 aliphatic heterocycles. The number of rotatable bonds is 1. The first-order valence-corrected chi connectivity index (χ1v) is 5.66. The Morgan fingerprint density at radius 3 is 2.88 bits per heavy atom. The Bertz CT molecular complexity index is 408. The van der Waals surface area contributed by atoms with Crippen LogP contribution in [-0.2, 0) is 4.74 Å². The van der Waals surface area contributed by atoms with E-state index in [2.05, 4.69) is 20.9 Å². The number of pyridine rings is 1. The zero-order valence-corrected chi connectivity index (χ0v) is 10.0. The van der Waals surface area contributed by atoms with E-state index in [-0.39, 0.29) is 11.5 Å². The van der Waals surface area contributed by atoms with Crippen LogP contribution in [0.3, 0.4) is 0 Å². The van der Waals surface area contributed by atoms with Gasteiger partial charge in [-0.15, -0.1) is 0 Å². The highest BCUT2D eigenvalue weighted by Gasteiger charge is 2.21. The fourth-order valence-corrected chi connectivity index (χ4v) is 1.85. The molecule has 0 aromatic carbocycles.